The second-order valence-electron chi connectivity index (χ2n) is 8.47. The van der Waals surface area contributed by atoms with Crippen LogP contribution in [0.4, 0.5) is 0 Å². The van der Waals surface area contributed by atoms with Crippen LogP contribution < -0.4 is 0 Å². The third-order valence-electron chi connectivity index (χ3n) is 5.28. The molecule has 0 spiro atoms. The minimum Gasteiger partial charge on any atom is -0.338 e. The number of fused-ring (bicyclic) bond motifs is 2. The summed E-state index contributed by atoms with van der Waals surface area (Å²) in [4.78, 5) is 20.5. The number of carbonyl (C=O) groups is 1. The average Bonchev–Trinajstić information content (AvgIpc) is 3.22. The van der Waals surface area contributed by atoms with Crippen molar-refractivity contribution >= 4 is 29.0 Å². The van der Waals surface area contributed by atoms with Gasteiger partial charge in [0.15, 0.2) is 5.82 Å². The van der Waals surface area contributed by atoms with Gasteiger partial charge in [0.25, 0.3) is 0 Å². The molecule has 1 aliphatic heterocycles. The Morgan fingerprint density at radius 1 is 1.44 bits per heavy atom. The number of H-pyrrole nitrogens is 1. The minimum atomic E-state index is 0.221. The fraction of sp³-hybridized carbons (Fsp3) is 0.611. The van der Waals surface area contributed by atoms with Gasteiger partial charge in [-0.15, -0.1) is 16.4 Å². The predicted molar refractivity (Wildman–Crippen MR) is 102 cm³/mol. The summed E-state index contributed by atoms with van der Waals surface area (Å²) in [5, 5.41) is 9.86. The molecule has 134 valence electrons. The minimum absolute atomic E-state index is 0.221. The van der Waals surface area contributed by atoms with Gasteiger partial charge >= 0.3 is 0 Å². The number of hydrogen-bond acceptors (Lipinski definition) is 5. The number of amides is 1. The van der Waals surface area contributed by atoms with Crippen molar-refractivity contribution in [2.45, 2.75) is 51.2 Å². The summed E-state index contributed by atoms with van der Waals surface area (Å²) in [5.74, 6) is 1.41. The maximum atomic E-state index is 12.8. The lowest BCUT2D eigenvalue weighted by Crippen LogP contribution is -2.38. The van der Waals surface area contributed by atoms with E-state index in [9.17, 15) is 4.79 Å². The summed E-state index contributed by atoms with van der Waals surface area (Å²) in [7, 11) is 0. The molecule has 2 bridgehead atoms. The van der Waals surface area contributed by atoms with Crippen LogP contribution in [0.1, 0.15) is 40.0 Å². The Balaban J connectivity index is 1.38. The molecule has 1 N–H and O–H groups in total. The number of rotatable bonds is 4. The predicted octanol–water partition coefficient (Wildman–Crippen LogP) is 4.05. The zero-order valence-electron chi connectivity index (χ0n) is 14.9. The lowest BCUT2D eigenvalue weighted by atomic mass is 9.65. The molecule has 5 nitrogen and oxygen atoms in total. The third-order valence-corrected chi connectivity index (χ3v) is 6.99. The van der Waals surface area contributed by atoms with Crippen molar-refractivity contribution in [1.82, 2.24) is 20.1 Å². The maximum absolute atomic E-state index is 12.8. The van der Waals surface area contributed by atoms with E-state index in [1.807, 2.05) is 17.5 Å². The van der Waals surface area contributed by atoms with Crippen LogP contribution in [0.25, 0.3) is 10.7 Å². The molecule has 0 aromatic carbocycles. The highest BCUT2D eigenvalue weighted by Crippen LogP contribution is 2.52. The van der Waals surface area contributed by atoms with E-state index in [0.29, 0.717) is 22.4 Å². The fourth-order valence-corrected chi connectivity index (χ4v) is 6.14. The summed E-state index contributed by atoms with van der Waals surface area (Å²) >= 11 is 3.05. The van der Waals surface area contributed by atoms with E-state index in [1.54, 1.807) is 11.3 Å². The normalized spacial score (nSPS) is 27.6. The molecular formula is C18H24N4OS2. The van der Waals surface area contributed by atoms with E-state index < -0.39 is 0 Å². The molecule has 1 aliphatic carbocycles. The van der Waals surface area contributed by atoms with Crippen molar-refractivity contribution in [2.75, 3.05) is 12.3 Å². The number of nitrogens with zero attached hydrogens (tertiary/aromatic N) is 3. The smallest absolute Gasteiger partial charge is 0.233 e. The number of thiophene rings is 1. The molecule has 3 heterocycles. The highest BCUT2D eigenvalue weighted by Gasteiger charge is 2.50. The molecule has 1 saturated carbocycles. The average molecular weight is 377 g/mol. The molecule has 1 saturated heterocycles. The molecule has 4 rings (SSSR count). The van der Waals surface area contributed by atoms with Crippen LogP contribution in [-0.2, 0) is 4.79 Å². The van der Waals surface area contributed by atoms with E-state index >= 15 is 0 Å². The van der Waals surface area contributed by atoms with Gasteiger partial charge in [0.05, 0.1) is 10.6 Å². The molecule has 2 aliphatic rings. The van der Waals surface area contributed by atoms with E-state index in [2.05, 4.69) is 40.9 Å². The van der Waals surface area contributed by atoms with Gasteiger partial charge in [-0.2, -0.15) is 0 Å². The van der Waals surface area contributed by atoms with Crippen LogP contribution in [0.15, 0.2) is 22.7 Å². The van der Waals surface area contributed by atoms with Gasteiger partial charge < -0.3 is 4.90 Å². The van der Waals surface area contributed by atoms with E-state index in [0.717, 1.165) is 30.1 Å². The number of thioether (sulfide) groups is 1. The summed E-state index contributed by atoms with van der Waals surface area (Å²) in [5.41, 5.74) is 0.614. The van der Waals surface area contributed by atoms with Crippen LogP contribution in [0, 0.1) is 10.8 Å². The molecule has 25 heavy (non-hydrogen) atoms. The maximum Gasteiger partial charge on any atom is 0.233 e. The molecule has 2 aromatic heterocycles. The Kier molecular flexibility index (Phi) is 4.19. The van der Waals surface area contributed by atoms with E-state index in [-0.39, 0.29) is 11.3 Å². The zero-order chi connectivity index (χ0) is 17.7. The zero-order valence-corrected chi connectivity index (χ0v) is 16.5. The second-order valence-corrected chi connectivity index (χ2v) is 10.4. The quantitative estimate of drug-likeness (QED) is 0.818. The van der Waals surface area contributed by atoms with Crippen LogP contribution in [0.2, 0.25) is 0 Å². The molecule has 2 fully saturated rings. The number of nitrogens with one attached hydrogen (secondary N) is 1. The largest absolute Gasteiger partial charge is 0.338 e. The summed E-state index contributed by atoms with van der Waals surface area (Å²) in [6, 6.07) is 4.40. The lowest BCUT2D eigenvalue weighted by molar-refractivity contribution is -0.129. The molecule has 1 amide bonds. The van der Waals surface area contributed by atoms with Gasteiger partial charge in [0.1, 0.15) is 0 Å². The first kappa shape index (κ1) is 17.1. The van der Waals surface area contributed by atoms with Gasteiger partial charge in [-0.25, -0.2) is 4.98 Å². The molecule has 2 atom stereocenters. The Hall–Kier alpha value is -1.34. The van der Waals surface area contributed by atoms with Crippen molar-refractivity contribution in [3.63, 3.8) is 0 Å². The van der Waals surface area contributed by atoms with Gasteiger partial charge in [0.2, 0.25) is 11.1 Å². The molecule has 2 aromatic rings. The SMILES string of the molecule is CC1(C)C[C@@H]2C[C@@](C)(CN2C(=O)CSc2n[nH]c(-c3cccs3)n2)C1. The van der Waals surface area contributed by atoms with Gasteiger partial charge in [-0.1, -0.05) is 38.6 Å². The number of aromatic nitrogens is 3. The van der Waals surface area contributed by atoms with Crippen LogP contribution in [0.5, 0.6) is 0 Å². The highest BCUT2D eigenvalue weighted by atomic mass is 32.2. The van der Waals surface area contributed by atoms with Crippen molar-refractivity contribution < 1.29 is 4.79 Å². The standard InChI is InChI=1S/C18H24N4OS2/c1-17(2)7-12-8-18(3,10-17)11-22(12)14(23)9-25-16-19-15(20-21-16)13-5-4-6-24-13/h4-6,12H,7-11H2,1-3H3,(H,19,20,21)/t12-,18-/m1/s1. The molecule has 7 heteroatoms. The van der Waals surface area contributed by atoms with Crippen molar-refractivity contribution in [3.05, 3.63) is 17.5 Å². The number of likely N-dealkylation sites (tertiary alicyclic amines) is 1. The fourth-order valence-electron chi connectivity index (χ4n) is 4.80. The van der Waals surface area contributed by atoms with Crippen LogP contribution in [-0.4, -0.2) is 44.3 Å². The first-order chi connectivity index (χ1) is 11.8. The summed E-state index contributed by atoms with van der Waals surface area (Å²) in [6.07, 6.45) is 3.47. The molecule has 0 unspecified atom stereocenters. The Morgan fingerprint density at radius 2 is 2.28 bits per heavy atom. The topological polar surface area (TPSA) is 61.9 Å². The third kappa shape index (κ3) is 3.49. The second kappa shape index (κ2) is 6.13. The van der Waals surface area contributed by atoms with Crippen LogP contribution >= 0.6 is 23.1 Å². The van der Waals surface area contributed by atoms with Crippen molar-refractivity contribution in [2.24, 2.45) is 10.8 Å². The molecule has 0 radical (unpaired) electrons. The molecular weight excluding hydrogens is 352 g/mol. The summed E-state index contributed by atoms with van der Waals surface area (Å²) in [6.45, 7) is 7.90. The van der Waals surface area contributed by atoms with Crippen molar-refractivity contribution in [1.29, 1.82) is 0 Å². The van der Waals surface area contributed by atoms with Gasteiger partial charge in [-0.05, 0) is 41.5 Å². The monoisotopic (exact) mass is 376 g/mol. The number of carbonyl (C=O) groups excluding carboxylic acids is 1. The number of aromatic amines is 1. The Bertz CT molecular complexity index is 770. The van der Waals surface area contributed by atoms with Gasteiger partial charge in [-0.3, -0.25) is 9.89 Å². The van der Waals surface area contributed by atoms with E-state index in [1.165, 1.54) is 18.2 Å². The van der Waals surface area contributed by atoms with Crippen molar-refractivity contribution in [3.8, 4) is 10.7 Å². The summed E-state index contributed by atoms with van der Waals surface area (Å²) < 4.78 is 0. The van der Waals surface area contributed by atoms with E-state index in [4.69, 9.17) is 0 Å². The Morgan fingerprint density at radius 3 is 3.04 bits per heavy atom. The highest BCUT2D eigenvalue weighted by molar-refractivity contribution is 7.99. The number of hydrogen-bond donors (Lipinski definition) is 1. The first-order valence-corrected chi connectivity index (χ1v) is 10.6. The first-order valence-electron chi connectivity index (χ1n) is 8.72. The lowest BCUT2D eigenvalue weighted by Gasteiger charge is -2.39. The van der Waals surface area contributed by atoms with Gasteiger partial charge in [0, 0.05) is 12.6 Å². The van der Waals surface area contributed by atoms with Crippen LogP contribution in [0.3, 0.4) is 0 Å². The Labute approximate surface area is 156 Å².